The molecule has 5 aliphatic heterocycles. The third-order valence-corrected chi connectivity index (χ3v) is 12.8. The fraction of sp³-hybridized carbons (Fsp3) is 0.468. The molecule has 1 unspecified atom stereocenters. The molecule has 2 aromatic heterocycles. The number of pyridine rings is 1. The summed E-state index contributed by atoms with van der Waals surface area (Å²) in [6, 6.07) is 13.4. The van der Waals surface area contributed by atoms with E-state index in [0.29, 0.717) is 93.8 Å². The van der Waals surface area contributed by atoms with Crippen molar-refractivity contribution in [2.75, 3.05) is 79.0 Å². The molecule has 3 fully saturated rings. The zero-order valence-electron chi connectivity index (χ0n) is 36.9. The Bertz CT molecular complexity index is 2450. The standard InChI is InChI=1S/C47H55FN10O6/c1-29-39(25-49-44-42(29)58(19-20-63-44)46(62)64-47(2,3)4)56-14-13-33-24-50-45(52-38(33)28-56)51-34-9-7-31(37(48)23-34)22-41(60)57-26-36(27-57)55-17-15-54(16-18-55)35-10-5-30(6-11-35)21-32-8-12-40(59)53-43(32)61/h5-7,9-11,23-25,32,36H,8,12-22,26-28H2,1-4H3,(H,50,51,52)(H,53,59,61). The van der Waals surface area contributed by atoms with Crippen molar-refractivity contribution in [3.63, 3.8) is 0 Å². The Hall–Kier alpha value is -6.36. The second-order valence-electron chi connectivity index (χ2n) is 18.3. The van der Waals surface area contributed by atoms with Crippen LogP contribution in [-0.2, 0) is 44.9 Å². The molecule has 16 nitrogen and oxygen atoms in total. The maximum absolute atomic E-state index is 15.5. The van der Waals surface area contributed by atoms with Gasteiger partial charge in [0.15, 0.2) is 0 Å². The molecule has 0 bridgehead atoms. The van der Waals surface area contributed by atoms with Gasteiger partial charge in [0.05, 0.1) is 37.1 Å². The first-order valence-corrected chi connectivity index (χ1v) is 22.2. The molecule has 1 atom stereocenters. The number of imide groups is 1. The molecule has 4 aromatic rings. The SMILES string of the molecule is Cc1c(N2CCc3cnc(Nc4ccc(CC(=O)N5CC(N6CCN(c7ccc(CC8CCC(=O)NC8=O)cc7)CC6)C5)c(F)c4)nc3C2)cnc2c1N(C(=O)OC(C)(C)C)CCO2. The summed E-state index contributed by atoms with van der Waals surface area (Å²) >= 11 is 0. The van der Waals surface area contributed by atoms with Crippen LogP contribution in [0.1, 0.15) is 61.6 Å². The minimum absolute atomic E-state index is 0.0179. The summed E-state index contributed by atoms with van der Waals surface area (Å²) in [6.45, 7) is 14.1. The fourth-order valence-electron chi connectivity index (χ4n) is 9.18. The Labute approximate surface area is 372 Å². The van der Waals surface area contributed by atoms with Gasteiger partial charge in [0.25, 0.3) is 0 Å². The normalized spacial score (nSPS) is 19.3. The predicted octanol–water partition coefficient (Wildman–Crippen LogP) is 4.93. The maximum Gasteiger partial charge on any atom is 0.415 e. The highest BCUT2D eigenvalue weighted by Gasteiger charge is 2.37. The minimum atomic E-state index is -0.648. The highest BCUT2D eigenvalue weighted by Crippen LogP contribution is 2.40. The second kappa shape index (κ2) is 17.7. The monoisotopic (exact) mass is 874 g/mol. The molecule has 336 valence electrons. The molecule has 0 saturated carbocycles. The smallest absolute Gasteiger partial charge is 0.415 e. The van der Waals surface area contributed by atoms with Crippen LogP contribution >= 0.6 is 0 Å². The predicted molar refractivity (Wildman–Crippen MR) is 238 cm³/mol. The van der Waals surface area contributed by atoms with Crippen molar-refractivity contribution >= 4 is 52.5 Å². The molecule has 3 saturated heterocycles. The highest BCUT2D eigenvalue weighted by molar-refractivity contribution is 5.98. The maximum atomic E-state index is 15.5. The van der Waals surface area contributed by atoms with E-state index in [0.717, 1.165) is 59.9 Å². The molecule has 17 heteroatoms. The summed E-state index contributed by atoms with van der Waals surface area (Å²) in [5.74, 6) is -0.376. The number of carbonyl (C=O) groups excluding carboxylic acids is 4. The molecular weight excluding hydrogens is 820 g/mol. The van der Waals surface area contributed by atoms with Gasteiger partial charge in [-0.1, -0.05) is 18.2 Å². The van der Waals surface area contributed by atoms with Crippen molar-refractivity contribution in [3.8, 4) is 5.88 Å². The number of carbonyl (C=O) groups is 4. The number of aromatic nitrogens is 3. The summed E-state index contributed by atoms with van der Waals surface area (Å²) in [6.07, 6.45) is 5.42. The number of likely N-dealkylation sites (tertiary alicyclic amines) is 1. The highest BCUT2D eigenvalue weighted by atomic mass is 19.1. The quantitative estimate of drug-likeness (QED) is 0.218. The molecule has 0 aliphatic carbocycles. The number of nitrogens with one attached hydrogen (secondary N) is 2. The van der Waals surface area contributed by atoms with Gasteiger partial charge in [0, 0.05) is 87.3 Å². The number of piperidine rings is 1. The number of fused-ring (bicyclic) bond motifs is 2. The third kappa shape index (κ3) is 9.30. The van der Waals surface area contributed by atoms with E-state index >= 15 is 4.39 Å². The number of piperazine rings is 1. The van der Waals surface area contributed by atoms with E-state index in [2.05, 4.69) is 59.6 Å². The third-order valence-electron chi connectivity index (χ3n) is 12.8. The van der Waals surface area contributed by atoms with Crippen molar-refractivity contribution in [1.82, 2.24) is 30.1 Å². The van der Waals surface area contributed by atoms with Gasteiger partial charge in [-0.3, -0.25) is 29.5 Å². The zero-order chi connectivity index (χ0) is 44.7. The summed E-state index contributed by atoms with van der Waals surface area (Å²) in [7, 11) is 0. The number of rotatable bonds is 9. The molecule has 2 N–H and O–H groups in total. The summed E-state index contributed by atoms with van der Waals surface area (Å²) in [5, 5.41) is 5.59. The number of amides is 4. The number of ether oxygens (including phenoxy) is 2. The van der Waals surface area contributed by atoms with Crippen molar-refractivity contribution < 1.29 is 33.0 Å². The van der Waals surface area contributed by atoms with Crippen LogP contribution < -0.4 is 30.1 Å². The van der Waals surface area contributed by atoms with Crippen LogP contribution in [0.5, 0.6) is 5.88 Å². The van der Waals surface area contributed by atoms with Gasteiger partial charge in [-0.05, 0) is 87.9 Å². The number of anilines is 5. The molecule has 7 heterocycles. The lowest BCUT2D eigenvalue weighted by atomic mass is 9.91. The van der Waals surface area contributed by atoms with Crippen LogP contribution in [0.25, 0.3) is 0 Å². The van der Waals surface area contributed by atoms with Crippen LogP contribution in [-0.4, -0.2) is 119 Å². The van der Waals surface area contributed by atoms with E-state index in [-0.39, 0.29) is 36.1 Å². The average molecular weight is 875 g/mol. The molecule has 4 amide bonds. The van der Waals surface area contributed by atoms with Gasteiger partial charge < -0.3 is 29.5 Å². The Morgan fingerprint density at radius 3 is 2.47 bits per heavy atom. The zero-order valence-corrected chi connectivity index (χ0v) is 36.9. The first kappa shape index (κ1) is 42.9. The lowest BCUT2D eigenvalue weighted by molar-refractivity contribution is -0.138. The largest absolute Gasteiger partial charge is 0.474 e. The first-order valence-electron chi connectivity index (χ1n) is 22.2. The number of hydrogen-bond donors (Lipinski definition) is 2. The van der Waals surface area contributed by atoms with Crippen LogP contribution in [0.15, 0.2) is 54.9 Å². The van der Waals surface area contributed by atoms with Crippen molar-refractivity contribution in [3.05, 3.63) is 88.6 Å². The Kier molecular flexibility index (Phi) is 11.8. The van der Waals surface area contributed by atoms with Crippen LogP contribution in [0.4, 0.5) is 37.9 Å². The molecule has 5 aliphatic rings. The topological polar surface area (TPSA) is 166 Å². The van der Waals surface area contributed by atoms with Crippen LogP contribution in [0, 0.1) is 18.7 Å². The molecule has 64 heavy (non-hydrogen) atoms. The molecule has 0 radical (unpaired) electrons. The number of halogens is 1. The lowest BCUT2D eigenvalue weighted by Crippen LogP contribution is -2.64. The van der Waals surface area contributed by atoms with Crippen LogP contribution in [0.3, 0.4) is 0 Å². The molecule has 2 aromatic carbocycles. The minimum Gasteiger partial charge on any atom is -0.474 e. The summed E-state index contributed by atoms with van der Waals surface area (Å²) in [4.78, 5) is 74.4. The van der Waals surface area contributed by atoms with Crippen molar-refractivity contribution in [1.29, 1.82) is 0 Å². The van der Waals surface area contributed by atoms with E-state index in [9.17, 15) is 19.2 Å². The van der Waals surface area contributed by atoms with Crippen molar-refractivity contribution in [2.24, 2.45) is 5.92 Å². The lowest BCUT2D eigenvalue weighted by Gasteiger charge is -2.48. The Morgan fingerprint density at radius 2 is 1.73 bits per heavy atom. The number of hydrogen-bond acceptors (Lipinski definition) is 13. The van der Waals surface area contributed by atoms with Gasteiger partial charge in [-0.25, -0.2) is 24.1 Å². The number of nitrogens with zero attached hydrogens (tertiary/aromatic N) is 8. The molecular formula is C47H55FN10O6. The van der Waals surface area contributed by atoms with E-state index in [4.69, 9.17) is 14.5 Å². The summed E-state index contributed by atoms with van der Waals surface area (Å²) in [5.41, 5.74) is 6.56. The van der Waals surface area contributed by atoms with Gasteiger partial charge in [0.1, 0.15) is 23.7 Å². The van der Waals surface area contributed by atoms with Crippen molar-refractivity contribution in [2.45, 2.75) is 78.0 Å². The van der Waals surface area contributed by atoms with Gasteiger partial charge in [-0.15, -0.1) is 0 Å². The van der Waals surface area contributed by atoms with E-state index < -0.39 is 17.5 Å². The molecule has 9 rings (SSSR count). The Morgan fingerprint density at radius 1 is 0.953 bits per heavy atom. The van der Waals surface area contributed by atoms with Crippen LogP contribution in [0.2, 0.25) is 0 Å². The summed E-state index contributed by atoms with van der Waals surface area (Å²) < 4.78 is 27.0. The number of benzene rings is 2. The van der Waals surface area contributed by atoms with Gasteiger partial charge in [0.2, 0.25) is 29.5 Å². The van der Waals surface area contributed by atoms with Gasteiger partial charge >= 0.3 is 6.09 Å². The second-order valence-corrected chi connectivity index (χ2v) is 18.3. The van der Waals surface area contributed by atoms with E-state index in [1.165, 1.54) is 6.07 Å². The Balaban J connectivity index is 0.749. The van der Waals surface area contributed by atoms with E-state index in [1.54, 1.807) is 34.3 Å². The average Bonchev–Trinajstić information content (AvgIpc) is 3.25. The first-order chi connectivity index (χ1) is 30.7. The van der Waals surface area contributed by atoms with Gasteiger partial charge in [-0.2, -0.15) is 0 Å². The fourth-order valence-corrected chi connectivity index (χ4v) is 9.18. The van der Waals surface area contributed by atoms with E-state index in [1.807, 2.05) is 27.7 Å². The molecule has 0 spiro atoms.